The monoisotopic (exact) mass is 351 g/mol. The molecule has 1 saturated heterocycles. The van der Waals surface area contributed by atoms with Gasteiger partial charge in [0.2, 0.25) is 0 Å². The van der Waals surface area contributed by atoms with Crippen molar-refractivity contribution in [1.29, 1.82) is 0 Å². The maximum atomic E-state index is 11.5. The fourth-order valence-electron chi connectivity index (χ4n) is 1.79. The van der Waals surface area contributed by atoms with E-state index in [1.165, 1.54) is 6.33 Å². The van der Waals surface area contributed by atoms with E-state index in [1.54, 1.807) is 0 Å². The number of rotatable bonds is 1. The molecular formula is C10H14IN3OS. The SMILES string of the molecule is CC1(C)CN(c2nc[nH]c(=O)c2I)CCS1. The zero-order valence-corrected chi connectivity index (χ0v) is 12.3. The van der Waals surface area contributed by atoms with Gasteiger partial charge in [-0.05, 0) is 36.4 Å². The Morgan fingerprint density at radius 3 is 3.06 bits per heavy atom. The average Bonchev–Trinajstić information content (AvgIpc) is 2.20. The number of hydrogen-bond acceptors (Lipinski definition) is 4. The third-order valence-corrected chi connectivity index (χ3v) is 4.77. The maximum absolute atomic E-state index is 11.5. The molecule has 16 heavy (non-hydrogen) atoms. The Bertz CT molecular complexity index is 446. The molecule has 1 aliphatic heterocycles. The largest absolute Gasteiger partial charge is 0.353 e. The molecule has 88 valence electrons. The van der Waals surface area contributed by atoms with Crippen LogP contribution in [0.15, 0.2) is 11.1 Å². The Kier molecular flexibility index (Phi) is 3.48. The van der Waals surface area contributed by atoms with Gasteiger partial charge in [0.05, 0.1) is 6.33 Å². The van der Waals surface area contributed by atoms with E-state index in [-0.39, 0.29) is 10.3 Å². The molecular weight excluding hydrogens is 337 g/mol. The van der Waals surface area contributed by atoms with Crippen LogP contribution in [0, 0.1) is 3.57 Å². The van der Waals surface area contributed by atoms with Crippen LogP contribution in [-0.2, 0) is 0 Å². The van der Waals surface area contributed by atoms with Crippen LogP contribution in [0.3, 0.4) is 0 Å². The van der Waals surface area contributed by atoms with E-state index in [0.29, 0.717) is 3.57 Å². The summed E-state index contributed by atoms with van der Waals surface area (Å²) >= 11 is 4.04. The molecule has 1 aromatic rings. The van der Waals surface area contributed by atoms with Crippen LogP contribution in [0.1, 0.15) is 13.8 Å². The topological polar surface area (TPSA) is 49.0 Å². The molecule has 2 heterocycles. The number of nitrogens with zero attached hydrogens (tertiary/aromatic N) is 2. The number of thioether (sulfide) groups is 1. The van der Waals surface area contributed by atoms with Gasteiger partial charge in [-0.2, -0.15) is 11.8 Å². The van der Waals surface area contributed by atoms with Gasteiger partial charge in [-0.25, -0.2) is 4.98 Å². The first-order chi connectivity index (χ1) is 7.49. The van der Waals surface area contributed by atoms with Gasteiger partial charge < -0.3 is 9.88 Å². The zero-order chi connectivity index (χ0) is 11.8. The maximum Gasteiger partial charge on any atom is 0.266 e. The lowest BCUT2D eigenvalue weighted by Crippen LogP contribution is -2.44. The highest BCUT2D eigenvalue weighted by molar-refractivity contribution is 14.1. The first-order valence-corrected chi connectivity index (χ1v) is 7.18. The van der Waals surface area contributed by atoms with Crippen molar-refractivity contribution < 1.29 is 0 Å². The standard InChI is InChI=1S/C10H14IN3OS/c1-10(2)5-14(3-4-16-10)8-7(11)9(15)13-6-12-8/h6H,3-5H2,1-2H3,(H,12,13,15). The van der Waals surface area contributed by atoms with Crippen LogP contribution >= 0.6 is 34.4 Å². The van der Waals surface area contributed by atoms with E-state index in [0.717, 1.165) is 24.7 Å². The van der Waals surface area contributed by atoms with Crippen molar-refractivity contribution in [3.8, 4) is 0 Å². The molecule has 0 atom stereocenters. The summed E-state index contributed by atoms with van der Waals surface area (Å²) in [5, 5.41) is 0. The molecule has 0 amide bonds. The molecule has 0 spiro atoms. The minimum absolute atomic E-state index is 0.0540. The number of nitrogens with one attached hydrogen (secondary N) is 1. The molecule has 0 bridgehead atoms. The second-order valence-electron chi connectivity index (χ2n) is 4.40. The highest BCUT2D eigenvalue weighted by Gasteiger charge is 2.28. The fourth-order valence-corrected chi connectivity index (χ4v) is 3.54. The Morgan fingerprint density at radius 1 is 1.62 bits per heavy atom. The Balaban J connectivity index is 2.31. The molecule has 2 rings (SSSR count). The Hall–Kier alpha value is -0.240. The fraction of sp³-hybridized carbons (Fsp3) is 0.600. The van der Waals surface area contributed by atoms with Crippen LogP contribution in [0.2, 0.25) is 0 Å². The highest BCUT2D eigenvalue weighted by atomic mass is 127. The minimum Gasteiger partial charge on any atom is -0.353 e. The lowest BCUT2D eigenvalue weighted by molar-refractivity contribution is 0.640. The van der Waals surface area contributed by atoms with Gasteiger partial charge in [0.15, 0.2) is 0 Å². The van der Waals surface area contributed by atoms with Gasteiger partial charge in [-0.15, -0.1) is 0 Å². The third kappa shape index (κ3) is 2.53. The summed E-state index contributed by atoms with van der Waals surface area (Å²) < 4.78 is 0.911. The summed E-state index contributed by atoms with van der Waals surface area (Å²) in [5.74, 6) is 1.90. The number of hydrogen-bond donors (Lipinski definition) is 1. The molecule has 6 heteroatoms. The van der Waals surface area contributed by atoms with Gasteiger partial charge in [0, 0.05) is 23.6 Å². The van der Waals surface area contributed by atoms with Gasteiger partial charge >= 0.3 is 0 Å². The average molecular weight is 351 g/mol. The van der Waals surface area contributed by atoms with Crippen LogP contribution in [-0.4, -0.2) is 33.6 Å². The van der Waals surface area contributed by atoms with Gasteiger partial charge in [-0.1, -0.05) is 0 Å². The predicted molar refractivity (Wildman–Crippen MR) is 76.3 cm³/mol. The second kappa shape index (κ2) is 4.56. The summed E-state index contributed by atoms with van der Waals surface area (Å²) in [6.07, 6.45) is 1.48. The lowest BCUT2D eigenvalue weighted by atomic mass is 10.2. The number of H-pyrrole nitrogens is 1. The van der Waals surface area contributed by atoms with E-state index < -0.39 is 0 Å². The Labute approximate surface area is 112 Å². The van der Waals surface area contributed by atoms with Crippen molar-refractivity contribution in [2.75, 3.05) is 23.7 Å². The summed E-state index contributed by atoms with van der Waals surface area (Å²) in [6.45, 7) is 6.35. The molecule has 1 aromatic heterocycles. The number of anilines is 1. The molecule has 4 nitrogen and oxygen atoms in total. The molecule has 0 aliphatic carbocycles. The second-order valence-corrected chi connectivity index (χ2v) is 7.28. The van der Waals surface area contributed by atoms with Crippen molar-refractivity contribution >= 4 is 40.2 Å². The number of aromatic amines is 1. The van der Waals surface area contributed by atoms with Crippen LogP contribution < -0.4 is 10.5 Å². The molecule has 0 radical (unpaired) electrons. The number of aromatic nitrogens is 2. The molecule has 1 fully saturated rings. The quantitative estimate of drug-likeness (QED) is 0.783. The van der Waals surface area contributed by atoms with Crippen molar-refractivity contribution in [3.63, 3.8) is 0 Å². The summed E-state index contributed by atoms with van der Waals surface area (Å²) in [5.41, 5.74) is -0.0540. The van der Waals surface area contributed by atoms with Crippen LogP contribution in [0.25, 0.3) is 0 Å². The molecule has 1 N–H and O–H groups in total. The van der Waals surface area contributed by atoms with Gasteiger partial charge in [0.25, 0.3) is 5.56 Å². The lowest BCUT2D eigenvalue weighted by Gasteiger charge is -2.38. The molecule has 0 aromatic carbocycles. The van der Waals surface area contributed by atoms with Crippen molar-refractivity contribution in [1.82, 2.24) is 9.97 Å². The van der Waals surface area contributed by atoms with Crippen LogP contribution in [0.5, 0.6) is 0 Å². The van der Waals surface area contributed by atoms with Gasteiger partial charge in [0.1, 0.15) is 9.39 Å². The Morgan fingerprint density at radius 2 is 2.38 bits per heavy atom. The van der Waals surface area contributed by atoms with E-state index in [4.69, 9.17) is 0 Å². The smallest absolute Gasteiger partial charge is 0.266 e. The molecule has 1 aliphatic rings. The molecule has 0 saturated carbocycles. The van der Waals surface area contributed by atoms with E-state index in [2.05, 4.69) is 51.3 Å². The first kappa shape index (κ1) is 12.2. The summed E-state index contributed by atoms with van der Waals surface area (Å²) in [4.78, 5) is 20.6. The van der Waals surface area contributed by atoms with E-state index in [9.17, 15) is 4.79 Å². The van der Waals surface area contributed by atoms with Gasteiger partial charge in [-0.3, -0.25) is 4.79 Å². The van der Waals surface area contributed by atoms with E-state index >= 15 is 0 Å². The highest BCUT2D eigenvalue weighted by Crippen LogP contribution is 2.32. The van der Waals surface area contributed by atoms with Crippen LogP contribution in [0.4, 0.5) is 5.82 Å². The minimum atomic E-state index is -0.0540. The van der Waals surface area contributed by atoms with Crippen molar-refractivity contribution in [2.24, 2.45) is 0 Å². The zero-order valence-electron chi connectivity index (χ0n) is 9.29. The van der Waals surface area contributed by atoms with Crippen molar-refractivity contribution in [3.05, 3.63) is 20.3 Å². The molecule has 0 unspecified atom stereocenters. The van der Waals surface area contributed by atoms with E-state index in [1.807, 2.05) is 11.8 Å². The first-order valence-electron chi connectivity index (χ1n) is 5.12. The van der Waals surface area contributed by atoms with Crippen molar-refractivity contribution in [2.45, 2.75) is 18.6 Å². The summed E-state index contributed by atoms with van der Waals surface area (Å²) in [7, 11) is 0. The normalized spacial score (nSPS) is 19.8. The predicted octanol–water partition coefficient (Wildman–Crippen LogP) is 1.71. The third-order valence-electron chi connectivity index (χ3n) is 2.50. The summed E-state index contributed by atoms with van der Waals surface area (Å²) in [6, 6.07) is 0. The number of halogens is 1.